The summed E-state index contributed by atoms with van der Waals surface area (Å²) in [5.41, 5.74) is -2.40. The van der Waals surface area contributed by atoms with E-state index in [-0.39, 0.29) is 48.1 Å². The number of rotatable bonds is 55. The van der Waals surface area contributed by atoms with Crippen LogP contribution in [-0.2, 0) is 27.7 Å². The zero-order valence-electron chi connectivity index (χ0n) is 49.2. The molecule has 0 aromatic rings. The molecular weight excluding hydrogens is 881 g/mol. The largest absolute Gasteiger partial charge is 0.504 e. The summed E-state index contributed by atoms with van der Waals surface area (Å²) in [5, 5.41) is 0. The second kappa shape index (κ2) is 46.6. The minimum absolute atomic E-state index is 0.167. The molecule has 416 valence electrons. The van der Waals surface area contributed by atoms with Gasteiger partial charge in [0, 0.05) is 38.5 Å². The van der Waals surface area contributed by atoms with Gasteiger partial charge in [0.15, 0.2) is 17.3 Å². The van der Waals surface area contributed by atoms with Crippen LogP contribution in [0.15, 0.2) is 0 Å². The van der Waals surface area contributed by atoms with Crippen LogP contribution in [0.1, 0.15) is 339 Å². The van der Waals surface area contributed by atoms with Gasteiger partial charge in [0.1, 0.15) is 0 Å². The minimum atomic E-state index is -3.67. The van der Waals surface area contributed by atoms with Crippen molar-refractivity contribution in [3.8, 4) is 0 Å². The quantitative estimate of drug-likeness (QED) is 0.0343. The molecule has 0 rings (SSSR count). The summed E-state index contributed by atoms with van der Waals surface area (Å²) in [5.74, 6) is 1.55. The van der Waals surface area contributed by atoms with Gasteiger partial charge in [-0.15, -0.1) is 0 Å². The van der Waals surface area contributed by atoms with Gasteiger partial charge in [0.05, 0.1) is 0 Å². The van der Waals surface area contributed by atoms with Gasteiger partial charge in [-0.1, -0.05) is 300 Å². The van der Waals surface area contributed by atoms with Crippen molar-refractivity contribution in [1.82, 2.24) is 0 Å². The monoisotopic (exact) mass is 1000 g/mol. The molecule has 0 aliphatic rings. The van der Waals surface area contributed by atoms with E-state index in [4.69, 9.17) is 13.3 Å². The Morgan fingerprint density at radius 1 is 0.329 bits per heavy atom. The first-order valence-electron chi connectivity index (χ1n) is 31.1. The van der Waals surface area contributed by atoms with Crippen LogP contribution in [0.5, 0.6) is 0 Å². The highest BCUT2D eigenvalue weighted by atomic mass is 28.4. The van der Waals surface area contributed by atoms with E-state index in [9.17, 15) is 14.4 Å². The lowest BCUT2D eigenvalue weighted by molar-refractivity contribution is -0.162. The Bertz CT molecular complexity index is 1080. The third-order valence-electron chi connectivity index (χ3n) is 14.9. The molecule has 0 aromatic carbocycles. The fraction of sp³-hybridized carbons (Fsp3) is 0.952. The van der Waals surface area contributed by atoms with Crippen LogP contribution in [0.2, 0.25) is 5.54 Å². The summed E-state index contributed by atoms with van der Waals surface area (Å²) in [6.45, 7) is 22.4. The van der Waals surface area contributed by atoms with Gasteiger partial charge in [-0.2, -0.15) is 0 Å². The molecule has 0 fully saturated rings. The number of hydrogen-bond donors (Lipinski definition) is 0. The Labute approximate surface area is 439 Å². The first-order valence-corrected chi connectivity index (χ1v) is 32.9. The standard InChI is InChI=1S/C63H124O6Si/c1-55(2)48-42-36-30-24-18-12-15-21-27-33-39-45-51-60(64)63(69-70(67-11,59(9)10)68-54-58(7)8,61(65)52-46-40-34-28-22-16-13-19-25-31-37-43-49-56(3)4)62(66)53-47-41-35-29-23-17-14-20-26-32-38-44-50-57(5)6/h55-59H,12-54H2,1-11H3. The number of ketones is 3. The molecule has 0 aliphatic heterocycles. The van der Waals surface area contributed by atoms with Crippen molar-refractivity contribution in [3.63, 3.8) is 0 Å². The highest BCUT2D eigenvalue weighted by Gasteiger charge is 2.60. The average Bonchev–Trinajstić information content (AvgIpc) is 3.31. The van der Waals surface area contributed by atoms with Crippen LogP contribution < -0.4 is 0 Å². The van der Waals surface area contributed by atoms with Crippen molar-refractivity contribution < 1.29 is 27.7 Å². The van der Waals surface area contributed by atoms with E-state index < -0.39 is 14.4 Å². The summed E-state index contributed by atoms with van der Waals surface area (Å²) >= 11 is 0. The second-order valence-corrected chi connectivity index (χ2v) is 27.5. The van der Waals surface area contributed by atoms with Crippen molar-refractivity contribution in [2.75, 3.05) is 13.7 Å². The van der Waals surface area contributed by atoms with Crippen LogP contribution >= 0.6 is 0 Å². The lowest BCUT2D eigenvalue weighted by atomic mass is 9.81. The molecule has 0 bridgehead atoms. The Morgan fingerprint density at radius 3 is 0.729 bits per heavy atom. The van der Waals surface area contributed by atoms with Crippen LogP contribution in [0.25, 0.3) is 0 Å². The molecule has 0 aliphatic carbocycles. The molecule has 6 nitrogen and oxygen atoms in total. The molecular formula is C63H124O6Si. The third kappa shape index (κ3) is 36.9. The molecule has 0 saturated carbocycles. The van der Waals surface area contributed by atoms with E-state index in [1.54, 1.807) is 7.11 Å². The first-order chi connectivity index (χ1) is 33.6. The van der Waals surface area contributed by atoms with E-state index >= 15 is 0 Å². The van der Waals surface area contributed by atoms with Crippen LogP contribution in [0.4, 0.5) is 0 Å². The Kier molecular flexibility index (Phi) is 46.0. The Hall–Kier alpha value is -0.893. The first kappa shape index (κ1) is 69.1. The van der Waals surface area contributed by atoms with Crippen LogP contribution in [0.3, 0.4) is 0 Å². The van der Waals surface area contributed by atoms with Gasteiger partial charge in [0.2, 0.25) is 5.60 Å². The SMILES string of the molecule is CO[Si](OCC(C)C)(OC(C(=O)CCCCCCCCCCCCCCC(C)C)(C(=O)CCCCCCCCCCCCCCC(C)C)C(=O)CCCCCCCCCCCCCCC(C)C)C(C)C. The lowest BCUT2D eigenvalue weighted by Gasteiger charge is -2.40. The number of carbonyl (C=O) groups is 3. The van der Waals surface area contributed by atoms with Crippen molar-refractivity contribution in [3.05, 3.63) is 0 Å². The summed E-state index contributed by atoms with van der Waals surface area (Å²) in [6.07, 6.45) is 47.8. The zero-order chi connectivity index (χ0) is 52.1. The lowest BCUT2D eigenvalue weighted by Crippen LogP contribution is -2.64. The topological polar surface area (TPSA) is 78.9 Å². The van der Waals surface area contributed by atoms with E-state index in [1.807, 2.05) is 13.8 Å². The normalized spacial score (nSPS) is 13.2. The molecule has 0 spiro atoms. The van der Waals surface area contributed by atoms with Crippen molar-refractivity contribution >= 4 is 26.2 Å². The molecule has 0 radical (unpaired) electrons. The summed E-state index contributed by atoms with van der Waals surface area (Å²) in [4.78, 5) is 44.7. The van der Waals surface area contributed by atoms with Crippen molar-refractivity contribution in [2.24, 2.45) is 23.7 Å². The number of Topliss-reactive ketones (excluding diaryl/α,β-unsaturated/α-hetero) is 3. The maximum Gasteiger partial charge on any atom is 0.504 e. The Morgan fingerprint density at radius 2 is 0.543 bits per heavy atom. The summed E-state index contributed by atoms with van der Waals surface area (Å²) in [6, 6.07) is 0. The van der Waals surface area contributed by atoms with Gasteiger partial charge < -0.3 is 13.3 Å². The van der Waals surface area contributed by atoms with Crippen molar-refractivity contribution in [2.45, 2.75) is 350 Å². The van der Waals surface area contributed by atoms with E-state index in [0.29, 0.717) is 25.9 Å². The maximum absolute atomic E-state index is 14.9. The zero-order valence-corrected chi connectivity index (χ0v) is 50.2. The van der Waals surface area contributed by atoms with Crippen LogP contribution in [0, 0.1) is 23.7 Å². The molecule has 1 unspecified atom stereocenters. The third-order valence-corrected chi connectivity index (χ3v) is 18.0. The van der Waals surface area contributed by atoms with Gasteiger partial charge in [-0.25, -0.2) is 0 Å². The molecule has 0 aromatic heterocycles. The fourth-order valence-electron chi connectivity index (χ4n) is 10.1. The summed E-state index contributed by atoms with van der Waals surface area (Å²) < 4.78 is 19.7. The fourth-order valence-corrected chi connectivity index (χ4v) is 12.8. The van der Waals surface area contributed by atoms with E-state index in [1.165, 1.54) is 173 Å². The van der Waals surface area contributed by atoms with Gasteiger partial charge in [-0.3, -0.25) is 14.4 Å². The van der Waals surface area contributed by atoms with Gasteiger partial charge in [0.25, 0.3) is 0 Å². The molecule has 0 heterocycles. The molecule has 0 N–H and O–H groups in total. The molecule has 70 heavy (non-hydrogen) atoms. The molecule has 1 atom stereocenters. The molecule has 0 saturated heterocycles. The van der Waals surface area contributed by atoms with E-state index in [0.717, 1.165) is 75.5 Å². The molecule has 0 amide bonds. The van der Waals surface area contributed by atoms with Crippen molar-refractivity contribution in [1.29, 1.82) is 0 Å². The minimum Gasteiger partial charge on any atom is -0.377 e. The average molecular weight is 1010 g/mol. The predicted molar refractivity (Wildman–Crippen MR) is 306 cm³/mol. The van der Waals surface area contributed by atoms with Gasteiger partial charge >= 0.3 is 8.80 Å². The van der Waals surface area contributed by atoms with E-state index in [2.05, 4.69) is 55.4 Å². The number of hydrogen-bond acceptors (Lipinski definition) is 6. The van der Waals surface area contributed by atoms with Crippen LogP contribution in [-0.4, -0.2) is 45.5 Å². The maximum atomic E-state index is 14.9. The summed E-state index contributed by atoms with van der Waals surface area (Å²) in [7, 11) is -2.09. The van der Waals surface area contributed by atoms with Gasteiger partial charge in [-0.05, 0) is 42.9 Å². The second-order valence-electron chi connectivity index (χ2n) is 24.2. The highest BCUT2D eigenvalue weighted by molar-refractivity contribution is 6.63. The molecule has 7 heteroatoms. The number of carbonyl (C=O) groups excluding carboxylic acids is 3. The highest BCUT2D eigenvalue weighted by Crippen LogP contribution is 2.35. The predicted octanol–water partition coefficient (Wildman–Crippen LogP) is 20.5. The number of unbranched alkanes of at least 4 members (excludes halogenated alkanes) is 33. The Balaban J connectivity index is 5.68. The smallest absolute Gasteiger partial charge is 0.377 e.